The summed E-state index contributed by atoms with van der Waals surface area (Å²) in [6.45, 7) is 1.89. The molecule has 1 saturated heterocycles. The molecule has 0 spiro atoms. The number of nitrogens with one attached hydrogen (secondary N) is 1. The summed E-state index contributed by atoms with van der Waals surface area (Å²) < 4.78 is 0. The molecule has 2 rings (SSSR count). The van der Waals surface area contributed by atoms with E-state index in [-0.39, 0.29) is 24.3 Å². The highest BCUT2D eigenvalue weighted by Crippen LogP contribution is 2.28. The number of imide groups is 1. The maximum absolute atomic E-state index is 12.3. The minimum Gasteiger partial charge on any atom is -0.480 e. The Morgan fingerprint density at radius 2 is 2.05 bits per heavy atom. The Bertz CT molecular complexity index is 404. The van der Waals surface area contributed by atoms with Gasteiger partial charge in [0.2, 0.25) is 11.8 Å². The zero-order chi connectivity index (χ0) is 14.7. The molecule has 2 amide bonds. The predicted octanol–water partition coefficient (Wildman–Crippen LogP) is 0.899. The van der Waals surface area contributed by atoms with E-state index in [9.17, 15) is 14.4 Å². The van der Waals surface area contributed by atoms with E-state index in [1.54, 1.807) is 0 Å². The Labute approximate surface area is 118 Å². The first-order valence-corrected chi connectivity index (χ1v) is 7.39. The van der Waals surface area contributed by atoms with Crippen LogP contribution in [0.15, 0.2) is 0 Å². The second-order valence-electron chi connectivity index (χ2n) is 5.64. The van der Waals surface area contributed by atoms with Gasteiger partial charge in [-0.05, 0) is 19.3 Å². The van der Waals surface area contributed by atoms with Gasteiger partial charge in [-0.1, -0.05) is 26.2 Å². The second kappa shape index (κ2) is 6.35. The lowest BCUT2D eigenvalue weighted by Gasteiger charge is -2.23. The van der Waals surface area contributed by atoms with Crippen LogP contribution in [0.3, 0.4) is 0 Å². The monoisotopic (exact) mass is 282 g/mol. The number of nitrogens with zero attached hydrogens (tertiary/aromatic N) is 1. The molecule has 0 aromatic heterocycles. The number of likely N-dealkylation sites (tertiary alicyclic amines) is 1. The number of aliphatic carboxylic acids is 1. The molecule has 2 fully saturated rings. The third kappa shape index (κ3) is 3.00. The molecule has 2 unspecified atom stereocenters. The fourth-order valence-corrected chi connectivity index (χ4v) is 3.14. The molecule has 2 N–H and O–H groups in total. The van der Waals surface area contributed by atoms with Crippen molar-refractivity contribution in [3.05, 3.63) is 0 Å². The quantitative estimate of drug-likeness (QED) is 0.707. The number of carbonyl (C=O) groups excluding carboxylic acids is 2. The van der Waals surface area contributed by atoms with Gasteiger partial charge in [-0.2, -0.15) is 0 Å². The predicted molar refractivity (Wildman–Crippen MR) is 72.0 cm³/mol. The minimum absolute atomic E-state index is 0.0243. The van der Waals surface area contributed by atoms with Crippen molar-refractivity contribution in [3.8, 4) is 0 Å². The van der Waals surface area contributed by atoms with Crippen LogP contribution in [0.2, 0.25) is 0 Å². The third-order valence-corrected chi connectivity index (χ3v) is 4.15. The average molecular weight is 282 g/mol. The molecule has 1 aliphatic heterocycles. The van der Waals surface area contributed by atoms with Crippen LogP contribution in [-0.2, 0) is 14.4 Å². The molecule has 0 aromatic carbocycles. The van der Waals surface area contributed by atoms with Crippen molar-refractivity contribution in [1.29, 1.82) is 0 Å². The molecule has 112 valence electrons. The van der Waals surface area contributed by atoms with Crippen LogP contribution < -0.4 is 5.32 Å². The van der Waals surface area contributed by atoms with Crippen LogP contribution in [0.25, 0.3) is 0 Å². The van der Waals surface area contributed by atoms with E-state index < -0.39 is 18.1 Å². The van der Waals surface area contributed by atoms with Crippen molar-refractivity contribution in [2.24, 2.45) is 0 Å². The summed E-state index contributed by atoms with van der Waals surface area (Å²) in [5.74, 6) is -1.38. The number of hydrogen-bond donors (Lipinski definition) is 2. The lowest BCUT2D eigenvalue weighted by Crippen LogP contribution is -2.48. The molecule has 1 heterocycles. The van der Waals surface area contributed by atoms with Crippen LogP contribution in [0.5, 0.6) is 0 Å². The Kier molecular flexibility index (Phi) is 4.75. The Balaban J connectivity index is 2.01. The van der Waals surface area contributed by atoms with Crippen LogP contribution in [0.4, 0.5) is 0 Å². The highest BCUT2D eigenvalue weighted by Gasteiger charge is 2.43. The molecule has 1 aliphatic carbocycles. The molecule has 20 heavy (non-hydrogen) atoms. The maximum Gasteiger partial charge on any atom is 0.320 e. The van der Waals surface area contributed by atoms with E-state index in [1.807, 2.05) is 6.92 Å². The number of carboxylic acids is 1. The zero-order valence-electron chi connectivity index (χ0n) is 11.8. The van der Waals surface area contributed by atoms with Gasteiger partial charge >= 0.3 is 5.97 Å². The summed E-state index contributed by atoms with van der Waals surface area (Å²) in [4.78, 5) is 36.8. The lowest BCUT2D eigenvalue weighted by atomic mass is 10.1. The van der Waals surface area contributed by atoms with Gasteiger partial charge in [0.25, 0.3) is 0 Å². The molecule has 6 heteroatoms. The first kappa shape index (κ1) is 15.0. The molecule has 0 radical (unpaired) electrons. The molecule has 1 saturated carbocycles. The second-order valence-corrected chi connectivity index (χ2v) is 5.64. The average Bonchev–Trinajstić information content (AvgIpc) is 2.98. The lowest BCUT2D eigenvalue weighted by molar-refractivity contribution is -0.141. The molecular weight excluding hydrogens is 260 g/mol. The van der Waals surface area contributed by atoms with Gasteiger partial charge in [0.15, 0.2) is 0 Å². The standard InChI is InChI=1S/C14H22N2O4/c1-2-5-10(14(19)20)15-11-8-12(17)16(13(11)18)9-6-3-4-7-9/h9-11,15H,2-8H2,1H3,(H,19,20). The highest BCUT2D eigenvalue weighted by molar-refractivity contribution is 6.06. The topological polar surface area (TPSA) is 86.7 Å². The Hall–Kier alpha value is -1.43. The summed E-state index contributed by atoms with van der Waals surface area (Å²) in [7, 11) is 0. The van der Waals surface area contributed by atoms with E-state index in [0.717, 1.165) is 25.7 Å². The normalized spacial score (nSPS) is 25.4. The number of hydrogen-bond acceptors (Lipinski definition) is 4. The first-order chi connectivity index (χ1) is 9.54. The summed E-state index contributed by atoms with van der Waals surface area (Å²) >= 11 is 0. The van der Waals surface area contributed by atoms with Crippen molar-refractivity contribution < 1.29 is 19.5 Å². The van der Waals surface area contributed by atoms with Crippen molar-refractivity contribution in [2.45, 2.75) is 70.0 Å². The van der Waals surface area contributed by atoms with E-state index in [0.29, 0.717) is 12.8 Å². The van der Waals surface area contributed by atoms with Crippen LogP contribution in [-0.4, -0.2) is 45.9 Å². The summed E-state index contributed by atoms with van der Waals surface area (Å²) in [5.41, 5.74) is 0. The van der Waals surface area contributed by atoms with Gasteiger partial charge < -0.3 is 5.11 Å². The number of rotatable bonds is 6. The van der Waals surface area contributed by atoms with Crippen molar-refractivity contribution in [2.75, 3.05) is 0 Å². The van der Waals surface area contributed by atoms with Gasteiger partial charge in [-0.3, -0.25) is 24.6 Å². The first-order valence-electron chi connectivity index (χ1n) is 7.39. The minimum atomic E-state index is -0.966. The SMILES string of the molecule is CCCC(NC1CC(=O)N(C2CCCC2)C1=O)C(=O)O. The van der Waals surface area contributed by atoms with Gasteiger partial charge in [0.1, 0.15) is 6.04 Å². The van der Waals surface area contributed by atoms with Gasteiger partial charge in [0, 0.05) is 6.04 Å². The smallest absolute Gasteiger partial charge is 0.320 e. The fourth-order valence-electron chi connectivity index (χ4n) is 3.14. The fraction of sp³-hybridized carbons (Fsp3) is 0.786. The molecule has 6 nitrogen and oxygen atoms in total. The van der Waals surface area contributed by atoms with E-state index in [2.05, 4.69) is 5.32 Å². The molecule has 2 aliphatic rings. The number of carboxylic acid groups (broad SMARTS) is 1. The van der Waals surface area contributed by atoms with Crippen molar-refractivity contribution >= 4 is 17.8 Å². The summed E-state index contributed by atoms with van der Waals surface area (Å²) in [6, 6.07) is -1.41. The summed E-state index contributed by atoms with van der Waals surface area (Å²) in [5, 5.41) is 12.0. The van der Waals surface area contributed by atoms with Crippen LogP contribution in [0.1, 0.15) is 51.9 Å². The Morgan fingerprint density at radius 1 is 1.40 bits per heavy atom. The van der Waals surface area contributed by atoms with E-state index in [1.165, 1.54) is 4.90 Å². The van der Waals surface area contributed by atoms with Gasteiger partial charge in [0.05, 0.1) is 12.5 Å². The largest absolute Gasteiger partial charge is 0.480 e. The zero-order valence-corrected chi connectivity index (χ0v) is 11.8. The van der Waals surface area contributed by atoms with E-state index >= 15 is 0 Å². The van der Waals surface area contributed by atoms with Gasteiger partial charge in [-0.25, -0.2) is 0 Å². The molecular formula is C14H22N2O4. The molecule has 0 bridgehead atoms. The third-order valence-electron chi connectivity index (χ3n) is 4.15. The Morgan fingerprint density at radius 3 is 2.60 bits per heavy atom. The van der Waals surface area contributed by atoms with Crippen molar-refractivity contribution in [3.63, 3.8) is 0 Å². The van der Waals surface area contributed by atoms with Crippen LogP contribution >= 0.6 is 0 Å². The number of carbonyl (C=O) groups is 3. The highest BCUT2D eigenvalue weighted by atomic mass is 16.4. The maximum atomic E-state index is 12.3. The molecule has 2 atom stereocenters. The van der Waals surface area contributed by atoms with Gasteiger partial charge in [-0.15, -0.1) is 0 Å². The summed E-state index contributed by atoms with van der Waals surface area (Å²) in [6.07, 6.45) is 5.11. The van der Waals surface area contributed by atoms with E-state index in [4.69, 9.17) is 5.11 Å². The molecule has 0 aromatic rings. The van der Waals surface area contributed by atoms with Crippen molar-refractivity contribution in [1.82, 2.24) is 10.2 Å². The van der Waals surface area contributed by atoms with Crippen LogP contribution in [0, 0.1) is 0 Å². The number of amides is 2.